The predicted octanol–water partition coefficient (Wildman–Crippen LogP) is 2.18. The van der Waals surface area contributed by atoms with Gasteiger partial charge in [0.25, 0.3) is 0 Å². The third-order valence-electron chi connectivity index (χ3n) is 4.83. The number of alkyl carbamates (subject to hydrolysis) is 1. The molecule has 0 aromatic heterocycles. The van der Waals surface area contributed by atoms with Crippen molar-refractivity contribution in [2.75, 3.05) is 85.8 Å². The highest BCUT2D eigenvalue weighted by molar-refractivity contribution is 5.67. The fourth-order valence-electron chi connectivity index (χ4n) is 3.02. The van der Waals surface area contributed by atoms with Crippen molar-refractivity contribution in [1.29, 1.82) is 0 Å². The Morgan fingerprint density at radius 2 is 1.17 bits per heavy atom. The summed E-state index contributed by atoms with van der Waals surface area (Å²) in [5.41, 5.74) is 0. The summed E-state index contributed by atoms with van der Waals surface area (Å²) in [5.74, 6) is -0.875. The second kappa shape index (κ2) is 24.0. The number of rotatable bonds is 22. The third-order valence-corrected chi connectivity index (χ3v) is 4.83. The lowest BCUT2D eigenvalue weighted by atomic mass is 10.0. The Labute approximate surface area is 208 Å². The molecule has 204 valence electrons. The predicted molar refractivity (Wildman–Crippen MR) is 128 cm³/mol. The van der Waals surface area contributed by atoms with Gasteiger partial charge in [0.1, 0.15) is 6.10 Å². The summed E-state index contributed by atoms with van der Waals surface area (Å²) in [6.45, 7) is 5.45. The number of carbonyl (C=O) groups is 2. The number of hydrogen-bond donors (Lipinski definition) is 2. The fourth-order valence-corrected chi connectivity index (χ4v) is 3.02. The SMILES string of the molecule is O=C(O)CCOCCOCCOCCOCCOCCOCCNC(=O)OC1CC/C=C/CCC1. The molecule has 0 saturated heterocycles. The molecular formula is C24H43NO10. The van der Waals surface area contributed by atoms with Crippen LogP contribution >= 0.6 is 0 Å². The molecule has 0 fully saturated rings. The molecule has 1 unspecified atom stereocenters. The Morgan fingerprint density at radius 3 is 1.71 bits per heavy atom. The van der Waals surface area contributed by atoms with E-state index >= 15 is 0 Å². The second-order valence-electron chi connectivity index (χ2n) is 7.75. The van der Waals surface area contributed by atoms with Crippen LogP contribution in [-0.2, 0) is 38.0 Å². The Balaban J connectivity index is 1.72. The number of nitrogens with one attached hydrogen (secondary N) is 1. The van der Waals surface area contributed by atoms with Crippen LogP contribution in [0.1, 0.15) is 38.5 Å². The molecule has 11 nitrogen and oxygen atoms in total. The first kappa shape index (κ1) is 31.3. The van der Waals surface area contributed by atoms with E-state index in [9.17, 15) is 9.59 Å². The van der Waals surface area contributed by atoms with Gasteiger partial charge < -0.3 is 43.6 Å². The number of ether oxygens (including phenoxy) is 7. The zero-order valence-electron chi connectivity index (χ0n) is 20.8. The molecule has 0 aromatic carbocycles. The lowest BCUT2D eigenvalue weighted by Gasteiger charge is -2.18. The maximum absolute atomic E-state index is 11.8. The quantitative estimate of drug-likeness (QED) is 0.167. The van der Waals surface area contributed by atoms with Crippen molar-refractivity contribution in [3.05, 3.63) is 12.2 Å². The van der Waals surface area contributed by atoms with Crippen LogP contribution in [0.4, 0.5) is 4.79 Å². The van der Waals surface area contributed by atoms with Gasteiger partial charge in [-0.05, 0) is 32.1 Å². The van der Waals surface area contributed by atoms with E-state index < -0.39 is 5.97 Å². The smallest absolute Gasteiger partial charge is 0.407 e. The number of carbonyl (C=O) groups excluding carboxylic acids is 1. The van der Waals surface area contributed by atoms with E-state index in [2.05, 4.69) is 17.5 Å². The zero-order chi connectivity index (χ0) is 25.2. The summed E-state index contributed by atoms with van der Waals surface area (Å²) in [5, 5.41) is 11.2. The molecule has 0 saturated carbocycles. The summed E-state index contributed by atoms with van der Waals surface area (Å²) in [6.07, 6.45) is 8.78. The molecule has 0 bridgehead atoms. The minimum atomic E-state index is -0.875. The van der Waals surface area contributed by atoms with Gasteiger partial charge in [-0.3, -0.25) is 4.79 Å². The minimum Gasteiger partial charge on any atom is -0.481 e. The van der Waals surface area contributed by atoms with Crippen molar-refractivity contribution in [3.8, 4) is 0 Å². The number of allylic oxidation sites excluding steroid dienone is 2. The molecule has 0 radical (unpaired) electrons. The summed E-state index contributed by atoms with van der Waals surface area (Å²) in [7, 11) is 0. The van der Waals surface area contributed by atoms with E-state index in [0.717, 1.165) is 32.1 Å². The van der Waals surface area contributed by atoms with Crippen molar-refractivity contribution < 1.29 is 47.9 Å². The molecule has 11 heteroatoms. The number of amides is 1. The van der Waals surface area contributed by atoms with Crippen LogP contribution in [0.15, 0.2) is 12.2 Å². The summed E-state index contributed by atoms with van der Waals surface area (Å²) >= 11 is 0. The van der Waals surface area contributed by atoms with E-state index in [1.165, 1.54) is 0 Å². The molecule has 1 amide bonds. The Hall–Kier alpha value is -1.76. The van der Waals surface area contributed by atoms with Gasteiger partial charge in [0.15, 0.2) is 0 Å². The van der Waals surface area contributed by atoms with Crippen LogP contribution in [0.5, 0.6) is 0 Å². The molecule has 0 aliphatic heterocycles. The highest BCUT2D eigenvalue weighted by atomic mass is 16.6. The van der Waals surface area contributed by atoms with E-state index in [0.29, 0.717) is 79.2 Å². The van der Waals surface area contributed by atoms with Gasteiger partial charge >= 0.3 is 12.1 Å². The van der Waals surface area contributed by atoms with E-state index in [4.69, 9.17) is 38.3 Å². The van der Waals surface area contributed by atoms with Crippen molar-refractivity contribution in [1.82, 2.24) is 5.32 Å². The van der Waals surface area contributed by atoms with E-state index in [-0.39, 0.29) is 25.2 Å². The maximum Gasteiger partial charge on any atom is 0.407 e. The zero-order valence-corrected chi connectivity index (χ0v) is 20.8. The minimum absolute atomic E-state index is 0.00202. The summed E-state index contributed by atoms with van der Waals surface area (Å²) < 4.78 is 37.5. The normalized spacial score (nSPS) is 16.9. The van der Waals surface area contributed by atoms with Crippen molar-refractivity contribution in [2.24, 2.45) is 0 Å². The first-order chi connectivity index (χ1) is 17.2. The average Bonchev–Trinajstić information content (AvgIpc) is 2.81. The van der Waals surface area contributed by atoms with Gasteiger partial charge in [-0.15, -0.1) is 0 Å². The van der Waals surface area contributed by atoms with Crippen molar-refractivity contribution in [2.45, 2.75) is 44.6 Å². The average molecular weight is 506 g/mol. The van der Waals surface area contributed by atoms with Crippen LogP contribution in [0, 0.1) is 0 Å². The lowest BCUT2D eigenvalue weighted by Crippen LogP contribution is -2.31. The molecule has 0 aromatic rings. The molecule has 1 rings (SSSR count). The molecule has 1 atom stereocenters. The second-order valence-corrected chi connectivity index (χ2v) is 7.75. The number of carboxylic acids is 1. The molecule has 0 spiro atoms. The van der Waals surface area contributed by atoms with Crippen LogP contribution in [0.3, 0.4) is 0 Å². The topological polar surface area (TPSA) is 131 Å². The first-order valence-electron chi connectivity index (χ1n) is 12.5. The Bertz CT molecular complexity index is 546. The number of hydrogen-bond acceptors (Lipinski definition) is 9. The van der Waals surface area contributed by atoms with Crippen molar-refractivity contribution >= 4 is 12.1 Å². The Kier molecular flexibility index (Phi) is 21.4. The first-order valence-corrected chi connectivity index (χ1v) is 12.5. The Morgan fingerprint density at radius 1 is 0.686 bits per heavy atom. The van der Waals surface area contributed by atoms with Crippen LogP contribution in [-0.4, -0.2) is 109 Å². The highest BCUT2D eigenvalue weighted by Crippen LogP contribution is 2.15. The largest absolute Gasteiger partial charge is 0.481 e. The lowest BCUT2D eigenvalue weighted by molar-refractivity contribution is -0.138. The third kappa shape index (κ3) is 22.4. The maximum atomic E-state index is 11.8. The molecular weight excluding hydrogens is 462 g/mol. The van der Waals surface area contributed by atoms with Crippen LogP contribution < -0.4 is 5.32 Å². The van der Waals surface area contributed by atoms with E-state index in [1.807, 2.05) is 0 Å². The molecule has 2 N–H and O–H groups in total. The van der Waals surface area contributed by atoms with E-state index in [1.54, 1.807) is 0 Å². The van der Waals surface area contributed by atoms with Gasteiger partial charge in [-0.25, -0.2) is 4.79 Å². The monoisotopic (exact) mass is 505 g/mol. The van der Waals surface area contributed by atoms with Gasteiger partial charge in [0.05, 0.1) is 85.7 Å². The van der Waals surface area contributed by atoms with Crippen molar-refractivity contribution in [3.63, 3.8) is 0 Å². The van der Waals surface area contributed by atoms with Crippen LogP contribution in [0.25, 0.3) is 0 Å². The molecule has 1 aliphatic carbocycles. The summed E-state index contributed by atoms with van der Waals surface area (Å²) in [4.78, 5) is 22.1. The molecule has 1 aliphatic rings. The number of carboxylic acid groups (broad SMARTS) is 1. The number of aliphatic carboxylic acids is 1. The van der Waals surface area contributed by atoms with Gasteiger partial charge in [-0.2, -0.15) is 0 Å². The van der Waals surface area contributed by atoms with Gasteiger partial charge in [0, 0.05) is 6.54 Å². The molecule has 0 heterocycles. The van der Waals surface area contributed by atoms with Gasteiger partial charge in [0.2, 0.25) is 0 Å². The van der Waals surface area contributed by atoms with Gasteiger partial charge in [-0.1, -0.05) is 12.2 Å². The summed E-state index contributed by atoms with van der Waals surface area (Å²) in [6, 6.07) is 0. The highest BCUT2D eigenvalue weighted by Gasteiger charge is 2.14. The standard InChI is InChI=1S/C24H43NO10/c26-23(27)8-10-29-12-14-31-16-18-33-20-21-34-19-17-32-15-13-30-11-9-25-24(28)35-22-6-4-2-1-3-5-7-22/h1-2,22H,3-21H2,(H,25,28)(H,26,27)/b2-1+. The van der Waals surface area contributed by atoms with Crippen LogP contribution in [0.2, 0.25) is 0 Å². The molecule has 35 heavy (non-hydrogen) atoms. The fraction of sp³-hybridized carbons (Fsp3) is 0.833.